The number of imide groups is 1. The van der Waals surface area contributed by atoms with E-state index in [1.54, 1.807) is 18.2 Å². The lowest BCUT2D eigenvalue weighted by Crippen LogP contribution is -2.29. The van der Waals surface area contributed by atoms with Crippen molar-refractivity contribution in [3.05, 3.63) is 65.4 Å². The number of unbranched alkanes of at least 4 members (excludes halogenated alkanes) is 1. The smallest absolute Gasteiger partial charge is 0.293 e. The third kappa shape index (κ3) is 5.62. The molecule has 0 bridgehead atoms. The number of benzene rings is 2. The van der Waals surface area contributed by atoms with Gasteiger partial charge in [-0.15, -0.1) is 0 Å². The molecule has 0 saturated carbocycles. The van der Waals surface area contributed by atoms with Gasteiger partial charge in [0.1, 0.15) is 12.4 Å². The van der Waals surface area contributed by atoms with Gasteiger partial charge < -0.3 is 4.74 Å². The minimum atomic E-state index is -0.247. The molecule has 3 rings (SSSR count). The van der Waals surface area contributed by atoms with Gasteiger partial charge in [-0.3, -0.25) is 14.5 Å². The fourth-order valence-corrected chi connectivity index (χ4v) is 5.53. The Morgan fingerprint density at radius 3 is 2.47 bits per heavy atom. The van der Waals surface area contributed by atoms with Gasteiger partial charge in [0.25, 0.3) is 11.1 Å². The molecule has 0 aromatic heterocycles. The molecule has 9 heteroatoms. The van der Waals surface area contributed by atoms with Gasteiger partial charge in [-0.2, -0.15) is 0 Å². The van der Waals surface area contributed by atoms with Gasteiger partial charge in [0, 0.05) is 22.2 Å². The quantitative estimate of drug-likeness (QED) is 0.306. The first-order valence-corrected chi connectivity index (χ1v) is 12.3. The Balaban J connectivity index is 1.77. The van der Waals surface area contributed by atoms with E-state index in [9.17, 15) is 9.59 Å². The summed E-state index contributed by atoms with van der Waals surface area (Å²) in [6.07, 6.45) is 3.43. The van der Waals surface area contributed by atoms with Crippen LogP contribution in [0.15, 0.2) is 44.2 Å². The molecule has 30 heavy (non-hydrogen) atoms. The normalized spacial score (nSPS) is 15.4. The van der Waals surface area contributed by atoms with Crippen LogP contribution in [0, 0.1) is 0 Å². The van der Waals surface area contributed by atoms with Crippen molar-refractivity contribution in [1.29, 1.82) is 0 Å². The third-order valence-corrected chi connectivity index (χ3v) is 6.99. The predicted octanol–water partition coefficient (Wildman–Crippen LogP) is 7.93. The zero-order valence-electron chi connectivity index (χ0n) is 15.9. The molecule has 0 spiro atoms. The number of halogens is 4. The number of hydrogen-bond acceptors (Lipinski definition) is 4. The molecular weight excluding hydrogens is 577 g/mol. The maximum atomic E-state index is 12.5. The summed E-state index contributed by atoms with van der Waals surface area (Å²) in [4.78, 5) is 26.4. The maximum Gasteiger partial charge on any atom is 0.293 e. The maximum absolute atomic E-state index is 12.5. The molecule has 158 valence electrons. The zero-order valence-corrected chi connectivity index (χ0v) is 21.4. The Morgan fingerprint density at radius 1 is 1.13 bits per heavy atom. The van der Waals surface area contributed by atoms with Crippen molar-refractivity contribution in [2.24, 2.45) is 0 Å². The first-order chi connectivity index (χ1) is 14.3. The van der Waals surface area contributed by atoms with Crippen LogP contribution in [0.1, 0.15) is 30.9 Å². The summed E-state index contributed by atoms with van der Waals surface area (Å²) in [5.74, 6) is 0.359. The molecule has 0 radical (unpaired) electrons. The SMILES string of the molecule is CCCCN1C(=O)S/C(=C\c2cc(Br)c(OCc3ccc(Cl)cc3Cl)c(Br)c2)C1=O. The van der Waals surface area contributed by atoms with Crippen LogP contribution in [0.25, 0.3) is 6.08 Å². The average molecular weight is 594 g/mol. The van der Waals surface area contributed by atoms with Gasteiger partial charge >= 0.3 is 0 Å². The van der Waals surface area contributed by atoms with E-state index in [4.69, 9.17) is 27.9 Å². The zero-order chi connectivity index (χ0) is 21.8. The van der Waals surface area contributed by atoms with Gasteiger partial charge in [0.15, 0.2) is 0 Å². The summed E-state index contributed by atoms with van der Waals surface area (Å²) in [6.45, 7) is 2.74. The van der Waals surface area contributed by atoms with E-state index in [1.165, 1.54) is 4.90 Å². The molecule has 2 amide bonds. The summed E-state index contributed by atoms with van der Waals surface area (Å²) in [5.41, 5.74) is 1.58. The standard InChI is InChI=1S/C21H17Br2Cl2NO3S/c1-2-3-6-26-20(27)18(30-21(26)28)9-12-7-15(22)19(16(23)8-12)29-11-13-4-5-14(24)10-17(13)25/h4-5,7-10H,2-3,6,11H2,1H3/b18-9-. The second-order valence-electron chi connectivity index (χ2n) is 6.52. The minimum Gasteiger partial charge on any atom is -0.486 e. The van der Waals surface area contributed by atoms with Gasteiger partial charge in [-0.1, -0.05) is 42.6 Å². The lowest BCUT2D eigenvalue weighted by Gasteiger charge is -2.13. The van der Waals surface area contributed by atoms with Crippen LogP contribution in [0.4, 0.5) is 4.79 Å². The monoisotopic (exact) mass is 591 g/mol. The summed E-state index contributed by atoms with van der Waals surface area (Å²) >= 11 is 20.1. The average Bonchev–Trinajstić information content (AvgIpc) is 2.93. The van der Waals surface area contributed by atoms with E-state index in [-0.39, 0.29) is 17.8 Å². The van der Waals surface area contributed by atoms with E-state index in [1.807, 2.05) is 25.1 Å². The molecule has 0 N–H and O–H groups in total. The van der Waals surface area contributed by atoms with E-state index in [2.05, 4.69) is 31.9 Å². The topological polar surface area (TPSA) is 46.6 Å². The highest BCUT2D eigenvalue weighted by Gasteiger charge is 2.34. The van der Waals surface area contributed by atoms with Crippen LogP contribution < -0.4 is 4.74 Å². The number of nitrogens with zero attached hydrogens (tertiary/aromatic N) is 1. The number of carbonyl (C=O) groups is 2. The van der Waals surface area contributed by atoms with E-state index >= 15 is 0 Å². The van der Waals surface area contributed by atoms with Crippen molar-refractivity contribution in [2.45, 2.75) is 26.4 Å². The van der Waals surface area contributed by atoms with Gasteiger partial charge in [0.2, 0.25) is 0 Å². The molecule has 1 heterocycles. The fourth-order valence-electron chi connectivity index (χ4n) is 2.75. The molecule has 1 saturated heterocycles. The van der Waals surface area contributed by atoms with Crippen molar-refractivity contribution in [1.82, 2.24) is 4.90 Å². The summed E-state index contributed by atoms with van der Waals surface area (Å²) < 4.78 is 7.34. The molecule has 2 aromatic carbocycles. The largest absolute Gasteiger partial charge is 0.486 e. The number of ether oxygens (including phenoxy) is 1. The molecule has 4 nitrogen and oxygen atoms in total. The minimum absolute atomic E-state index is 0.224. The fraction of sp³-hybridized carbons (Fsp3) is 0.238. The Labute approximate surface area is 206 Å². The molecule has 1 aliphatic heterocycles. The highest BCUT2D eigenvalue weighted by Crippen LogP contribution is 2.38. The first-order valence-electron chi connectivity index (χ1n) is 9.11. The number of rotatable bonds is 7. The number of carbonyl (C=O) groups excluding carboxylic acids is 2. The molecule has 2 aromatic rings. The van der Waals surface area contributed by atoms with E-state index < -0.39 is 0 Å². The van der Waals surface area contributed by atoms with Crippen LogP contribution in [0.5, 0.6) is 5.75 Å². The highest BCUT2D eigenvalue weighted by atomic mass is 79.9. The Hall–Kier alpha value is -0.990. The molecule has 0 atom stereocenters. The lowest BCUT2D eigenvalue weighted by atomic mass is 10.2. The molecule has 1 aliphatic rings. The van der Waals surface area contributed by atoms with Crippen LogP contribution >= 0.6 is 66.8 Å². The van der Waals surface area contributed by atoms with Gasteiger partial charge in [-0.25, -0.2) is 0 Å². The summed E-state index contributed by atoms with van der Waals surface area (Å²) in [5, 5.41) is 0.873. The number of thioether (sulfide) groups is 1. The molecule has 0 unspecified atom stereocenters. The predicted molar refractivity (Wildman–Crippen MR) is 130 cm³/mol. The van der Waals surface area contributed by atoms with Crippen molar-refractivity contribution >= 4 is 84.0 Å². The van der Waals surface area contributed by atoms with E-state index in [0.29, 0.717) is 36.2 Å². The van der Waals surface area contributed by atoms with Crippen molar-refractivity contribution in [3.63, 3.8) is 0 Å². The summed E-state index contributed by atoms with van der Waals surface area (Å²) in [6, 6.07) is 8.91. The van der Waals surface area contributed by atoms with E-state index in [0.717, 1.165) is 35.7 Å². The molecule has 0 aliphatic carbocycles. The van der Waals surface area contributed by atoms with Crippen molar-refractivity contribution in [3.8, 4) is 5.75 Å². The van der Waals surface area contributed by atoms with Gasteiger partial charge in [-0.05, 0) is 85.9 Å². The Kier molecular flexibility index (Phi) is 8.32. The second kappa shape index (κ2) is 10.6. The summed E-state index contributed by atoms with van der Waals surface area (Å²) in [7, 11) is 0. The van der Waals surface area contributed by atoms with Crippen molar-refractivity contribution < 1.29 is 14.3 Å². The highest BCUT2D eigenvalue weighted by molar-refractivity contribution is 9.11. The van der Waals surface area contributed by atoms with Gasteiger partial charge in [0.05, 0.1) is 13.9 Å². The molecule has 1 fully saturated rings. The lowest BCUT2D eigenvalue weighted by molar-refractivity contribution is -0.122. The second-order valence-corrected chi connectivity index (χ2v) is 10.1. The Morgan fingerprint density at radius 2 is 1.83 bits per heavy atom. The molecular formula is C21H17Br2Cl2NO3S. The van der Waals surface area contributed by atoms with Crippen LogP contribution in [0.2, 0.25) is 10.0 Å². The number of amides is 2. The Bertz CT molecular complexity index is 1010. The number of hydrogen-bond donors (Lipinski definition) is 0. The first kappa shape index (κ1) is 23.7. The van der Waals surface area contributed by atoms with Crippen LogP contribution in [-0.2, 0) is 11.4 Å². The third-order valence-electron chi connectivity index (χ3n) is 4.31. The van der Waals surface area contributed by atoms with Crippen molar-refractivity contribution in [2.75, 3.05) is 6.54 Å². The van der Waals surface area contributed by atoms with Crippen LogP contribution in [0.3, 0.4) is 0 Å². The van der Waals surface area contributed by atoms with Crippen LogP contribution in [-0.4, -0.2) is 22.6 Å².